The molecule has 2 heterocycles. The lowest BCUT2D eigenvalue weighted by Crippen LogP contribution is -2.14. The number of rotatable bonds is 4. The van der Waals surface area contributed by atoms with Crippen LogP contribution >= 0.6 is 22.9 Å². The maximum absolute atomic E-state index is 12.2. The minimum atomic E-state index is -0.122. The van der Waals surface area contributed by atoms with Crippen LogP contribution in [0, 0.1) is 13.8 Å². The van der Waals surface area contributed by atoms with Crippen LogP contribution < -0.4 is 5.32 Å². The summed E-state index contributed by atoms with van der Waals surface area (Å²) >= 11 is 7.22. The van der Waals surface area contributed by atoms with Crippen LogP contribution in [-0.2, 0) is 11.2 Å². The Bertz CT molecular complexity index is 857. The lowest BCUT2D eigenvalue weighted by molar-refractivity contribution is -0.115. The number of hydrogen-bond donors (Lipinski definition) is 1. The highest BCUT2D eigenvalue weighted by atomic mass is 35.5. The minimum Gasteiger partial charge on any atom is -0.302 e. The zero-order chi connectivity index (χ0) is 17.1. The van der Waals surface area contributed by atoms with E-state index in [1.165, 1.54) is 16.9 Å². The number of carbonyl (C=O) groups excluding carboxylic acids is 1. The number of hydrogen-bond acceptors (Lipinski definition) is 4. The van der Waals surface area contributed by atoms with Crippen LogP contribution in [-0.4, -0.2) is 15.9 Å². The topological polar surface area (TPSA) is 54.9 Å². The van der Waals surface area contributed by atoms with Crippen LogP contribution in [0.3, 0.4) is 0 Å². The third-order valence-electron chi connectivity index (χ3n) is 3.52. The van der Waals surface area contributed by atoms with Crippen molar-refractivity contribution in [1.29, 1.82) is 0 Å². The second-order valence-electron chi connectivity index (χ2n) is 5.50. The van der Waals surface area contributed by atoms with E-state index in [1.54, 1.807) is 18.3 Å². The number of nitrogens with one attached hydrogen (secondary N) is 1. The Kier molecular flexibility index (Phi) is 4.92. The molecule has 0 saturated carbocycles. The van der Waals surface area contributed by atoms with E-state index in [0.717, 1.165) is 21.7 Å². The van der Waals surface area contributed by atoms with Crippen LogP contribution in [0.25, 0.3) is 11.3 Å². The summed E-state index contributed by atoms with van der Waals surface area (Å²) in [5, 5.41) is 3.88. The molecule has 3 aromatic rings. The van der Waals surface area contributed by atoms with E-state index in [1.807, 2.05) is 19.1 Å². The van der Waals surface area contributed by atoms with E-state index in [0.29, 0.717) is 10.3 Å². The van der Waals surface area contributed by atoms with Gasteiger partial charge in [-0.1, -0.05) is 47.5 Å². The predicted molar refractivity (Wildman–Crippen MR) is 98.6 cm³/mol. The molecule has 0 aliphatic heterocycles. The molecule has 0 saturated heterocycles. The Balaban J connectivity index is 1.71. The van der Waals surface area contributed by atoms with E-state index in [4.69, 9.17) is 11.6 Å². The van der Waals surface area contributed by atoms with Gasteiger partial charge in [-0.3, -0.25) is 4.79 Å². The smallest absolute Gasteiger partial charge is 0.230 e. The molecule has 2 aromatic heterocycles. The van der Waals surface area contributed by atoms with Gasteiger partial charge in [-0.25, -0.2) is 9.97 Å². The summed E-state index contributed by atoms with van der Waals surface area (Å²) in [7, 11) is 0. The lowest BCUT2D eigenvalue weighted by Gasteiger charge is -2.02. The molecule has 3 rings (SSSR count). The van der Waals surface area contributed by atoms with Crippen LogP contribution in [0.15, 0.2) is 42.6 Å². The summed E-state index contributed by atoms with van der Waals surface area (Å²) in [4.78, 5) is 21.8. The van der Waals surface area contributed by atoms with Crippen molar-refractivity contribution in [2.75, 3.05) is 5.32 Å². The number of carbonyl (C=O) groups is 1. The first-order chi connectivity index (χ1) is 11.5. The fraction of sp³-hybridized carbons (Fsp3) is 0.167. The first-order valence-corrected chi connectivity index (χ1v) is 8.65. The number of nitrogens with zero attached hydrogens (tertiary/aromatic N) is 2. The van der Waals surface area contributed by atoms with Crippen molar-refractivity contribution in [3.05, 3.63) is 63.8 Å². The summed E-state index contributed by atoms with van der Waals surface area (Å²) in [6.07, 6.45) is 1.84. The van der Waals surface area contributed by atoms with Gasteiger partial charge in [0.25, 0.3) is 0 Å². The van der Waals surface area contributed by atoms with Crippen LogP contribution in [0.5, 0.6) is 0 Å². The molecular formula is C18H16ClN3OS. The molecule has 0 spiro atoms. The lowest BCUT2D eigenvalue weighted by atomic mass is 10.1. The summed E-state index contributed by atoms with van der Waals surface area (Å²) in [5.74, 6) is -0.122. The van der Waals surface area contributed by atoms with Crippen molar-refractivity contribution in [2.24, 2.45) is 0 Å². The molecule has 0 bridgehead atoms. The van der Waals surface area contributed by atoms with E-state index in [-0.39, 0.29) is 12.3 Å². The molecule has 24 heavy (non-hydrogen) atoms. The number of thiazole rings is 1. The molecule has 122 valence electrons. The molecule has 1 aromatic carbocycles. The highest BCUT2D eigenvalue weighted by Gasteiger charge is 2.12. The van der Waals surface area contributed by atoms with Gasteiger partial charge in [0, 0.05) is 16.6 Å². The summed E-state index contributed by atoms with van der Waals surface area (Å²) in [6, 6.07) is 11.7. The van der Waals surface area contributed by atoms with Crippen molar-refractivity contribution in [3.63, 3.8) is 0 Å². The molecule has 1 N–H and O–H groups in total. The van der Waals surface area contributed by atoms with E-state index < -0.39 is 0 Å². The second kappa shape index (κ2) is 7.11. The first kappa shape index (κ1) is 16.6. The average molecular weight is 358 g/mol. The van der Waals surface area contributed by atoms with Gasteiger partial charge in [-0.15, -0.1) is 11.3 Å². The van der Waals surface area contributed by atoms with Crippen LogP contribution in [0.4, 0.5) is 5.13 Å². The molecule has 1 amide bonds. The first-order valence-electron chi connectivity index (χ1n) is 7.46. The van der Waals surface area contributed by atoms with Crippen molar-refractivity contribution in [2.45, 2.75) is 20.3 Å². The number of aryl methyl sites for hydroxylation is 2. The molecule has 0 radical (unpaired) electrons. The van der Waals surface area contributed by atoms with Gasteiger partial charge in [0.15, 0.2) is 5.13 Å². The van der Waals surface area contributed by atoms with Crippen molar-refractivity contribution >= 4 is 34.0 Å². The van der Waals surface area contributed by atoms with Crippen molar-refractivity contribution < 1.29 is 4.79 Å². The third kappa shape index (κ3) is 3.99. The molecule has 4 nitrogen and oxygen atoms in total. The molecule has 0 fully saturated rings. The number of halogens is 1. The maximum atomic E-state index is 12.2. The Morgan fingerprint density at radius 2 is 1.92 bits per heavy atom. The molecule has 0 aliphatic rings. The predicted octanol–water partition coefficient (Wildman–Crippen LogP) is 4.66. The highest BCUT2D eigenvalue weighted by Crippen LogP contribution is 2.30. The van der Waals surface area contributed by atoms with Crippen LogP contribution in [0.2, 0.25) is 5.15 Å². The molecule has 6 heteroatoms. The van der Waals surface area contributed by atoms with Gasteiger partial charge in [0.05, 0.1) is 12.1 Å². The molecular weight excluding hydrogens is 342 g/mol. The largest absolute Gasteiger partial charge is 0.302 e. The van der Waals surface area contributed by atoms with E-state index in [2.05, 4.69) is 34.3 Å². The molecule has 0 atom stereocenters. The summed E-state index contributed by atoms with van der Waals surface area (Å²) in [5.41, 5.74) is 3.97. The van der Waals surface area contributed by atoms with Crippen molar-refractivity contribution in [1.82, 2.24) is 9.97 Å². The minimum absolute atomic E-state index is 0.122. The Morgan fingerprint density at radius 3 is 2.58 bits per heavy atom. The zero-order valence-corrected chi connectivity index (χ0v) is 14.9. The quantitative estimate of drug-likeness (QED) is 0.691. The zero-order valence-electron chi connectivity index (χ0n) is 13.3. The summed E-state index contributed by atoms with van der Waals surface area (Å²) < 4.78 is 0. The normalized spacial score (nSPS) is 10.6. The van der Waals surface area contributed by atoms with Gasteiger partial charge in [-0.2, -0.15) is 0 Å². The van der Waals surface area contributed by atoms with Crippen LogP contribution in [0.1, 0.15) is 16.0 Å². The molecule has 0 aliphatic carbocycles. The number of amides is 1. The van der Waals surface area contributed by atoms with Gasteiger partial charge in [-0.05, 0) is 25.5 Å². The Labute approximate surface area is 149 Å². The third-order valence-corrected chi connectivity index (χ3v) is 4.63. The highest BCUT2D eigenvalue weighted by molar-refractivity contribution is 7.16. The van der Waals surface area contributed by atoms with Gasteiger partial charge >= 0.3 is 0 Å². The number of aromatic nitrogens is 2. The van der Waals surface area contributed by atoms with Gasteiger partial charge < -0.3 is 5.32 Å². The number of benzene rings is 1. The fourth-order valence-corrected chi connectivity index (χ4v) is 3.25. The second-order valence-corrected chi connectivity index (χ2v) is 7.09. The maximum Gasteiger partial charge on any atom is 0.230 e. The molecule has 0 unspecified atom stereocenters. The number of anilines is 1. The Hall–Kier alpha value is -2.24. The average Bonchev–Trinajstić information content (AvgIpc) is 2.90. The number of pyridine rings is 1. The monoisotopic (exact) mass is 357 g/mol. The summed E-state index contributed by atoms with van der Waals surface area (Å²) in [6.45, 7) is 4.06. The van der Waals surface area contributed by atoms with Gasteiger partial charge in [0.2, 0.25) is 5.91 Å². The van der Waals surface area contributed by atoms with E-state index >= 15 is 0 Å². The fourth-order valence-electron chi connectivity index (χ4n) is 2.29. The Morgan fingerprint density at radius 1 is 1.17 bits per heavy atom. The standard InChI is InChI=1S/C18H16ClN3OS/c1-11-3-6-14(7-4-11)17-12(2)24-18(22-17)21-16(23)9-13-5-8-15(19)20-10-13/h3-8,10H,9H2,1-2H3,(H,21,22,23). The van der Waals surface area contributed by atoms with Gasteiger partial charge in [0.1, 0.15) is 5.15 Å². The van der Waals surface area contributed by atoms with E-state index in [9.17, 15) is 4.79 Å². The SMILES string of the molecule is Cc1ccc(-c2nc(NC(=O)Cc3ccc(Cl)nc3)sc2C)cc1. The van der Waals surface area contributed by atoms with Crippen molar-refractivity contribution in [3.8, 4) is 11.3 Å².